The number of hydrogen-bond acceptors (Lipinski definition) is 7. The van der Waals surface area contributed by atoms with Crippen LogP contribution in [0.2, 0.25) is 0 Å². The van der Waals surface area contributed by atoms with Crippen molar-refractivity contribution in [2.75, 3.05) is 17.7 Å². The SMILES string of the molecule is COC(=O)Nc1cc(C(=N)C(=O)Nc2ccc(C#N)cc2C(=O)O)c(O)cc1-c1ccccc1. The molecule has 5 N–H and O–H groups in total. The summed E-state index contributed by atoms with van der Waals surface area (Å²) in [5.74, 6) is -2.80. The van der Waals surface area contributed by atoms with Gasteiger partial charge < -0.3 is 20.3 Å². The lowest BCUT2D eigenvalue weighted by molar-refractivity contribution is -0.110. The lowest BCUT2D eigenvalue weighted by atomic mass is 9.98. The number of nitrogens with zero attached hydrogens (tertiary/aromatic N) is 1. The minimum atomic E-state index is -1.38. The number of ether oxygens (including phenoxy) is 1. The van der Waals surface area contributed by atoms with Crippen LogP contribution in [0.15, 0.2) is 60.7 Å². The second-order valence-corrected chi connectivity index (χ2v) is 6.90. The van der Waals surface area contributed by atoms with E-state index in [1.807, 2.05) is 6.07 Å². The topological polar surface area (TPSA) is 173 Å². The summed E-state index contributed by atoms with van der Waals surface area (Å²) in [6.45, 7) is 0. The molecule has 3 aromatic carbocycles. The number of phenolic OH excluding ortho intramolecular Hbond substituents is 1. The first kappa shape index (κ1) is 23.5. The number of rotatable bonds is 6. The second kappa shape index (κ2) is 9.97. The first-order valence-electron chi connectivity index (χ1n) is 9.70. The number of anilines is 2. The van der Waals surface area contributed by atoms with Gasteiger partial charge in [0.25, 0.3) is 5.91 Å². The summed E-state index contributed by atoms with van der Waals surface area (Å²) in [6, 6.07) is 16.8. The van der Waals surface area contributed by atoms with Crippen LogP contribution < -0.4 is 10.6 Å². The van der Waals surface area contributed by atoms with E-state index in [-0.39, 0.29) is 28.1 Å². The summed E-state index contributed by atoms with van der Waals surface area (Å²) >= 11 is 0. The van der Waals surface area contributed by atoms with E-state index in [0.29, 0.717) is 11.1 Å². The molecule has 0 atom stereocenters. The molecule has 0 aliphatic carbocycles. The van der Waals surface area contributed by atoms with Crippen molar-refractivity contribution in [3.05, 3.63) is 77.4 Å². The zero-order valence-corrected chi connectivity index (χ0v) is 17.7. The lowest BCUT2D eigenvalue weighted by Crippen LogP contribution is -2.24. The Bertz CT molecular complexity index is 1350. The van der Waals surface area contributed by atoms with Crippen molar-refractivity contribution in [1.29, 1.82) is 10.7 Å². The van der Waals surface area contributed by atoms with Crippen LogP contribution in [0.25, 0.3) is 11.1 Å². The van der Waals surface area contributed by atoms with Gasteiger partial charge in [0.1, 0.15) is 11.5 Å². The van der Waals surface area contributed by atoms with Gasteiger partial charge in [-0.05, 0) is 35.9 Å². The molecule has 0 heterocycles. The van der Waals surface area contributed by atoms with E-state index in [0.717, 1.165) is 6.07 Å². The van der Waals surface area contributed by atoms with Crippen molar-refractivity contribution in [3.63, 3.8) is 0 Å². The Hall–Kier alpha value is -5.17. The Morgan fingerprint density at radius 3 is 2.29 bits per heavy atom. The number of carboxylic acid groups (broad SMARTS) is 1. The predicted octanol–water partition coefficient (Wildman–Crippen LogP) is 3.81. The molecule has 0 aliphatic rings. The average molecular weight is 458 g/mol. The lowest BCUT2D eigenvalue weighted by Gasteiger charge is -2.15. The highest BCUT2D eigenvalue weighted by Crippen LogP contribution is 2.35. The van der Waals surface area contributed by atoms with Gasteiger partial charge in [0.15, 0.2) is 0 Å². The van der Waals surface area contributed by atoms with Gasteiger partial charge in [-0.2, -0.15) is 5.26 Å². The molecule has 0 aromatic heterocycles. The number of hydrogen-bond donors (Lipinski definition) is 5. The Balaban J connectivity index is 1.99. The molecule has 0 saturated carbocycles. The molecule has 2 amide bonds. The molecule has 34 heavy (non-hydrogen) atoms. The van der Waals surface area contributed by atoms with Gasteiger partial charge in [-0.1, -0.05) is 30.3 Å². The van der Waals surface area contributed by atoms with E-state index in [2.05, 4.69) is 15.4 Å². The Kier molecular flexibility index (Phi) is 6.89. The third kappa shape index (κ3) is 5.00. The van der Waals surface area contributed by atoms with E-state index in [1.54, 1.807) is 30.3 Å². The minimum absolute atomic E-state index is 0.0816. The standard InChI is InChI=1S/C24H18N4O6/c1-34-24(33)28-19-10-17(20(29)11-15(19)14-5-3-2-4-6-14)21(26)22(30)27-18-8-7-13(12-25)9-16(18)23(31)32/h2-11,26,29H,1H3,(H,27,30)(H,28,33)(H,31,32). The highest BCUT2D eigenvalue weighted by Gasteiger charge is 2.22. The molecule has 10 heteroatoms. The summed E-state index contributed by atoms with van der Waals surface area (Å²) in [5, 5.41) is 42.0. The second-order valence-electron chi connectivity index (χ2n) is 6.90. The number of carboxylic acids is 1. The zero-order valence-electron chi connectivity index (χ0n) is 17.7. The summed E-state index contributed by atoms with van der Waals surface area (Å²) in [5.41, 5.74) is -0.0476. The van der Waals surface area contributed by atoms with E-state index >= 15 is 0 Å². The maximum Gasteiger partial charge on any atom is 0.411 e. The molecule has 0 radical (unpaired) electrons. The summed E-state index contributed by atoms with van der Waals surface area (Å²) in [6.07, 6.45) is -0.798. The number of carbonyl (C=O) groups excluding carboxylic acids is 2. The number of methoxy groups -OCH3 is 1. The Labute approximate surface area is 193 Å². The van der Waals surface area contributed by atoms with Crippen molar-refractivity contribution in [3.8, 4) is 22.9 Å². The number of amides is 2. The van der Waals surface area contributed by atoms with E-state index in [1.165, 1.54) is 31.4 Å². The van der Waals surface area contributed by atoms with Gasteiger partial charge in [0, 0.05) is 11.1 Å². The first-order chi connectivity index (χ1) is 16.2. The molecule has 0 bridgehead atoms. The maximum atomic E-state index is 12.7. The van der Waals surface area contributed by atoms with Crippen molar-refractivity contribution < 1.29 is 29.3 Å². The van der Waals surface area contributed by atoms with Crippen LogP contribution in [0.1, 0.15) is 21.5 Å². The fourth-order valence-corrected chi connectivity index (χ4v) is 3.12. The molecule has 3 rings (SSSR count). The number of phenols is 1. The van der Waals surface area contributed by atoms with Gasteiger partial charge in [0.2, 0.25) is 0 Å². The van der Waals surface area contributed by atoms with Crippen molar-refractivity contribution in [2.24, 2.45) is 0 Å². The smallest absolute Gasteiger partial charge is 0.411 e. The number of aromatic carboxylic acids is 1. The quantitative estimate of drug-likeness (QED) is 0.276. The summed E-state index contributed by atoms with van der Waals surface area (Å²) in [4.78, 5) is 36.1. The van der Waals surface area contributed by atoms with Crippen LogP contribution in [-0.2, 0) is 9.53 Å². The third-order valence-corrected chi connectivity index (χ3v) is 4.77. The minimum Gasteiger partial charge on any atom is -0.507 e. The molecule has 10 nitrogen and oxygen atoms in total. The van der Waals surface area contributed by atoms with Gasteiger partial charge in [0.05, 0.1) is 35.7 Å². The fourth-order valence-electron chi connectivity index (χ4n) is 3.12. The predicted molar refractivity (Wildman–Crippen MR) is 123 cm³/mol. The van der Waals surface area contributed by atoms with Crippen LogP contribution in [0.3, 0.4) is 0 Å². The highest BCUT2D eigenvalue weighted by atomic mass is 16.5. The van der Waals surface area contributed by atoms with Gasteiger partial charge >= 0.3 is 12.1 Å². The van der Waals surface area contributed by atoms with Gasteiger partial charge in [-0.3, -0.25) is 15.5 Å². The Morgan fingerprint density at radius 2 is 1.68 bits per heavy atom. The molecule has 0 spiro atoms. The van der Waals surface area contributed by atoms with Crippen LogP contribution in [-0.4, -0.2) is 41.0 Å². The molecule has 0 aliphatic heterocycles. The fraction of sp³-hybridized carbons (Fsp3) is 0.0417. The van der Waals surface area contributed by atoms with Crippen LogP contribution in [0.5, 0.6) is 5.75 Å². The molecule has 3 aromatic rings. The first-order valence-corrected chi connectivity index (χ1v) is 9.70. The van der Waals surface area contributed by atoms with Crippen LogP contribution >= 0.6 is 0 Å². The number of benzene rings is 3. The number of nitriles is 1. The summed E-state index contributed by atoms with van der Waals surface area (Å²) < 4.78 is 4.63. The van der Waals surface area contributed by atoms with Crippen molar-refractivity contribution in [2.45, 2.75) is 0 Å². The summed E-state index contributed by atoms with van der Waals surface area (Å²) in [7, 11) is 1.17. The van der Waals surface area contributed by atoms with Gasteiger partial charge in [-0.15, -0.1) is 0 Å². The largest absolute Gasteiger partial charge is 0.507 e. The molecule has 170 valence electrons. The van der Waals surface area contributed by atoms with Crippen LogP contribution in [0, 0.1) is 16.7 Å². The van der Waals surface area contributed by atoms with Crippen LogP contribution in [0.4, 0.5) is 16.2 Å². The Morgan fingerprint density at radius 1 is 0.971 bits per heavy atom. The molecule has 0 saturated heterocycles. The highest BCUT2D eigenvalue weighted by molar-refractivity contribution is 6.48. The van der Waals surface area contributed by atoms with Crippen molar-refractivity contribution in [1.82, 2.24) is 0 Å². The molecular weight excluding hydrogens is 440 g/mol. The molecular formula is C24H18N4O6. The maximum absolute atomic E-state index is 12.7. The monoisotopic (exact) mass is 458 g/mol. The normalized spacial score (nSPS) is 10.0. The van der Waals surface area contributed by atoms with E-state index < -0.39 is 29.4 Å². The zero-order chi connectivity index (χ0) is 24.8. The van der Waals surface area contributed by atoms with Crippen molar-refractivity contribution >= 4 is 35.1 Å². The van der Waals surface area contributed by atoms with Gasteiger partial charge in [-0.25, -0.2) is 9.59 Å². The average Bonchev–Trinajstić information content (AvgIpc) is 2.84. The number of nitrogens with one attached hydrogen (secondary N) is 3. The molecule has 0 fully saturated rings. The third-order valence-electron chi connectivity index (χ3n) is 4.77. The number of aromatic hydroxyl groups is 1. The van der Waals surface area contributed by atoms with E-state index in [9.17, 15) is 24.6 Å². The number of carbonyl (C=O) groups is 3. The van der Waals surface area contributed by atoms with E-state index in [4.69, 9.17) is 10.7 Å². The molecule has 0 unspecified atom stereocenters.